The largest absolute Gasteiger partial charge is 0.393 e. The van der Waals surface area contributed by atoms with Crippen LogP contribution in [0.4, 0.5) is 10.9 Å². The van der Waals surface area contributed by atoms with Crippen molar-refractivity contribution < 1.29 is 9.90 Å². The Morgan fingerprint density at radius 3 is 2.86 bits per heavy atom. The number of piperidine rings is 1. The van der Waals surface area contributed by atoms with Gasteiger partial charge in [0.1, 0.15) is 10.7 Å². The Labute approximate surface area is 128 Å². The molecule has 0 bridgehead atoms. The number of carbonyl (C=O) groups is 1. The number of carbonyl (C=O) groups excluding carboxylic acids is 1. The minimum atomic E-state index is -0.316. The molecule has 4 N–H and O–H groups in total. The van der Waals surface area contributed by atoms with Crippen molar-refractivity contribution in [1.82, 2.24) is 9.88 Å². The van der Waals surface area contributed by atoms with Crippen LogP contribution in [0.15, 0.2) is 0 Å². The van der Waals surface area contributed by atoms with Gasteiger partial charge in [-0.3, -0.25) is 4.79 Å². The summed E-state index contributed by atoms with van der Waals surface area (Å²) in [5.74, 6) is 0.348. The number of nitrogen functional groups attached to an aromatic ring is 1. The third-order valence-electron chi connectivity index (χ3n) is 4.43. The molecule has 0 aromatic carbocycles. The van der Waals surface area contributed by atoms with Gasteiger partial charge in [-0.25, -0.2) is 4.98 Å². The number of anilines is 2. The average Bonchev–Trinajstić information content (AvgIpc) is 2.77. The number of likely N-dealkylation sites (tertiary alicyclic amines) is 1. The Morgan fingerprint density at radius 1 is 1.48 bits per heavy atom. The second-order valence-corrected chi connectivity index (χ2v) is 7.09. The van der Waals surface area contributed by atoms with Gasteiger partial charge < -0.3 is 21.1 Å². The van der Waals surface area contributed by atoms with Gasteiger partial charge in [0.25, 0.3) is 5.91 Å². The number of aromatic nitrogens is 1. The van der Waals surface area contributed by atoms with Gasteiger partial charge in [-0.2, -0.15) is 0 Å². The van der Waals surface area contributed by atoms with E-state index < -0.39 is 0 Å². The molecule has 2 aliphatic rings. The topological polar surface area (TPSA) is 91.5 Å². The van der Waals surface area contributed by atoms with Crippen LogP contribution in [0, 0.1) is 5.92 Å². The Bertz CT molecular complexity index is 529. The number of rotatable bonds is 3. The van der Waals surface area contributed by atoms with E-state index in [2.05, 4.69) is 10.3 Å². The minimum Gasteiger partial charge on any atom is -0.393 e. The van der Waals surface area contributed by atoms with Gasteiger partial charge in [0.15, 0.2) is 5.13 Å². The van der Waals surface area contributed by atoms with Gasteiger partial charge in [-0.1, -0.05) is 18.3 Å². The van der Waals surface area contributed by atoms with Crippen molar-refractivity contribution in [3.05, 3.63) is 4.88 Å². The van der Waals surface area contributed by atoms with Gasteiger partial charge in [0, 0.05) is 19.1 Å². The zero-order valence-corrected chi connectivity index (χ0v) is 13.0. The van der Waals surface area contributed by atoms with Gasteiger partial charge in [0.05, 0.1) is 6.10 Å². The van der Waals surface area contributed by atoms with Crippen molar-refractivity contribution in [2.45, 2.75) is 44.8 Å². The molecule has 116 valence electrons. The standard InChI is InChI=1S/C14H22N4O2S/c1-8-7-18(6-5-10(8)19)13(20)11-12(15)17-14(21-11)16-9-3-2-4-9/h8-10,19H,2-7,15H2,1H3,(H,16,17). The predicted molar refractivity (Wildman–Crippen MR) is 83.5 cm³/mol. The first-order chi connectivity index (χ1) is 10.0. The first kappa shape index (κ1) is 14.6. The summed E-state index contributed by atoms with van der Waals surface area (Å²) in [7, 11) is 0. The molecule has 0 radical (unpaired) electrons. The lowest BCUT2D eigenvalue weighted by Gasteiger charge is -2.34. The van der Waals surface area contributed by atoms with E-state index in [0.717, 1.165) is 18.0 Å². The summed E-state index contributed by atoms with van der Waals surface area (Å²) in [5, 5.41) is 13.8. The zero-order valence-electron chi connectivity index (χ0n) is 12.2. The molecule has 1 aliphatic carbocycles. The van der Waals surface area contributed by atoms with Crippen molar-refractivity contribution in [3.8, 4) is 0 Å². The number of thiazole rings is 1. The molecule has 7 heteroatoms. The highest BCUT2D eigenvalue weighted by molar-refractivity contribution is 7.18. The van der Waals surface area contributed by atoms with Gasteiger partial charge in [-0.15, -0.1) is 0 Å². The molecule has 2 heterocycles. The van der Waals surface area contributed by atoms with Crippen LogP contribution < -0.4 is 11.1 Å². The average molecular weight is 310 g/mol. The smallest absolute Gasteiger partial charge is 0.267 e. The van der Waals surface area contributed by atoms with Crippen LogP contribution in [0.1, 0.15) is 42.3 Å². The highest BCUT2D eigenvalue weighted by atomic mass is 32.1. The van der Waals surface area contributed by atoms with Crippen LogP contribution in [0.2, 0.25) is 0 Å². The molecule has 0 spiro atoms. The number of hydrogen-bond donors (Lipinski definition) is 3. The van der Waals surface area contributed by atoms with Gasteiger partial charge in [0.2, 0.25) is 0 Å². The molecular weight excluding hydrogens is 288 g/mol. The maximum atomic E-state index is 12.6. The first-order valence-electron chi connectivity index (χ1n) is 7.54. The normalized spacial score (nSPS) is 26.5. The molecule has 1 aromatic rings. The lowest BCUT2D eigenvalue weighted by Crippen LogP contribution is -2.44. The van der Waals surface area contributed by atoms with Crippen LogP contribution in [-0.2, 0) is 0 Å². The van der Waals surface area contributed by atoms with E-state index in [1.165, 1.54) is 17.8 Å². The summed E-state index contributed by atoms with van der Waals surface area (Å²) in [4.78, 5) is 19.1. The number of aliphatic hydroxyl groups excluding tert-OH is 1. The summed E-state index contributed by atoms with van der Waals surface area (Å²) >= 11 is 1.34. The Morgan fingerprint density at radius 2 is 2.24 bits per heavy atom. The lowest BCUT2D eigenvalue weighted by atomic mass is 9.93. The molecule has 2 fully saturated rings. The molecule has 1 saturated carbocycles. The van der Waals surface area contributed by atoms with E-state index in [1.54, 1.807) is 4.90 Å². The molecule has 1 amide bonds. The third-order valence-corrected chi connectivity index (χ3v) is 5.42. The van der Waals surface area contributed by atoms with Crippen LogP contribution in [0.5, 0.6) is 0 Å². The maximum absolute atomic E-state index is 12.6. The molecule has 1 aliphatic heterocycles. The summed E-state index contributed by atoms with van der Waals surface area (Å²) < 4.78 is 0. The number of nitrogens with one attached hydrogen (secondary N) is 1. The molecule has 1 saturated heterocycles. The molecule has 6 nitrogen and oxygen atoms in total. The van der Waals surface area contributed by atoms with Crippen molar-refractivity contribution in [3.63, 3.8) is 0 Å². The molecule has 2 atom stereocenters. The Hall–Kier alpha value is -1.34. The SMILES string of the molecule is CC1CN(C(=O)c2sc(NC3CCC3)nc2N)CCC1O. The van der Waals surface area contributed by atoms with Crippen LogP contribution in [0.3, 0.4) is 0 Å². The summed E-state index contributed by atoms with van der Waals surface area (Å²) in [6.45, 7) is 3.11. The van der Waals surface area contributed by atoms with Crippen molar-refractivity contribution in [2.24, 2.45) is 5.92 Å². The van der Waals surface area contributed by atoms with Gasteiger partial charge >= 0.3 is 0 Å². The number of amides is 1. The van der Waals surface area contributed by atoms with E-state index in [0.29, 0.717) is 36.2 Å². The van der Waals surface area contributed by atoms with E-state index in [-0.39, 0.29) is 17.9 Å². The minimum absolute atomic E-state index is 0.0644. The van der Waals surface area contributed by atoms with E-state index in [9.17, 15) is 9.90 Å². The monoisotopic (exact) mass is 310 g/mol. The van der Waals surface area contributed by atoms with Crippen molar-refractivity contribution >= 4 is 28.2 Å². The van der Waals surface area contributed by atoms with Crippen LogP contribution >= 0.6 is 11.3 Å². The van der Waals surface area contributed by atoms with Crippen molar-refractivity contribution in [2.75, 3.05) is 24.1 Å². The van der Waals surface area contributed by atoms with Crippen molar-refractivity contribution in [1.29, 1.82) is 0 Å². The fraction of sp³-hybridized carbons (Fsp3) is 0.714. The Balaban J connectivity index is 1.69. The fourth-order valence-corrected chi connectivity index (χ4v) is 3.66. The number of aliphatic hydroxyl groups is 1. The highest BCUT2D eigenvalue weighted by Crippen LogP contribution is 2.31. The van der Waals surface area contributed by atoms with Crippen LogP contribution in [-0.4, -0.2) is 46.1 Å². The van der Waals surface area contributed by atoms with Crippen LogP contribution in [0.25, 0.3) is 0 Å². The number of nitrogens with zero attached hydrogens (tertiary/aromatic N) is 2. The maximum Gasteiger partial charge on any atom is 0.267 e. The molecule has 21 heavy (non-hydrogen) atoms. The van der Waals surface area contributed by atoms with E-state index in [1.807, 2.05) is 6.92 Å². The zero-order chi connectivity index (χ0) is 15.0. The third kappa shape index (κ3) is 2.98. The second-order valence-electron chi connectivity index (χ2n) is 6.09. The predicted octanol–water partition coefficient (Wildman–Crippen LogP) is 1.53. The highest BCUT2D eigenvalue weighted by Gasteiger charge is 2.30. The second kappa shape index (κ2) is 5.81. The quantitative estimate of drug-likeness (QED) is 0.787. The molecule has 3 rings (SSSR count). The summed E-state index contributed by atoms with van der Waals surface area (Å²) in [6.07, 6.45) is 3.87. The number of nitrogens with two attached hydrogens (primary N) is 1. The van der Waals surface area contributed by atoms with Gasteiger partial charge in [-0.05, 0) is 31.6 Å². The lowest BCUT2D eigenvalue weighted by molar-refractivity contribution is 0.0301. The number of hydrogen-bond acceptors (Lipinski definition) is 6. The first-order valence-corrected chi connectivity index (χ1v) is 8.36. The van der Waals surface area contributed by atoms with E-state index in [4.69, 9.17) is 5.73 Å². The summed E-state index contributed by atoms with van der Waals surface area (Å²) in [5.41, 5.74) is 5.91. The van der Waals surface area contributed by atoms with E-state index >= 15 is 0 Å². The summed E-state index contributed by atoms with van der Waals surface area (Å²) in [6, 6.07) is 0.476. The fourth-order valence-electron chi connectivity index (χ4n) is 2.74. The Kier molecular flexibility index (Phi) is 4.03. The molecule has 1 aromatic heterocycles. The molecule has 2 unspecified atom stereocenters. The molecular formula is C14H22N4O2S.